The number of nitrogens with one attached hydrogen (secondary N) is 2. The quantitative estimate of drug-likeness (QED) is 0.717. The number of carboxylic acid groups (broad SMARTS) is 1. The Morgan fingerprint density at radius 2 is 2.00 bits per heavy atom. The molecule has 20 heavy (non-hydrogen) atoms. The first-order valence-electron chi connectivity index (χ1n) is 6.74. The summed E-state index contributed by atoms with van der Waals surface area (Å²) in [6, 6.07) is -0.553. The minimum Gasteiger partial charge on any atom is -0.481 e. The summed E-state index contributed by atoms with van der Waals surface area (Å²) in [6.07, 6.45) is 3.24. The molecule has 3 N–H and O–H groups in total. The molecule has 3 amide bonds. The highest BCUT2D eigenvalue weighted by atomic mass is 32.2. The van der Waals surface area contributed by atoms with Crippen molar-refractivity contribution >= 4 is 29.7 Å². The number of urea groups is 1. The van der Waals surface area contributed by atoms with Gasteiger partial charge in [0, 0.05) is 18.2 Å². The van der Waals surface area contributed by atoms with E-state index in [1.54, 1.807) is 0 Å². The Kier molecular flexibility index (Phi) is 6.32. The van der Waals surface area contributed by atoms with Crippen LogP contribution in [0.15, 0.2) is 0 Å². The van der Waals surface area contributed by atoms with Gasteiger partial charge in [-0.25, -0.2) is 4.79 Å². The predicted octanol–water partition coefficient (Wildman–Crippen LogP) is 1.60. The van der Waals surface area contributed by atoms with Crippen LogP contribution in [0.4, 0.5) is 4.79 Å². The standard InChI is InChI=1S/C13H22N2O4S/c1-13(2,11(17)18)7-10(16)15-12(19)14-8-9-5-3-4-6-20-9/h9H,3-8H2,1-2H3,(H,17,18)(H2,14,15,16,19). The van der Waals surface area contributed by atoms with Gasteiger partial charge in [0.25, 0.3) is 0 Å². The van der Waals surface area contributed by atoms with Crippen molar-refractivity contribution in [2.75, 3.05) is 12.3 Å². The van der Waals surface area contributed by atoms with Gasteiger partial charge in [0.1, 0.15) is 0 Å². The molecule has 1 fully saturated rings. The molecule has 114 valence electrons. The zero-order valence-electron chi connectivity index (χ0n) is 11.9. The monoisotopic (exact) mass is 302 g/mol. The van der Waals surface area contributed by atoms with Gasteiger partial charge < -0.3 is 10.4 Å². The number of imide groups is 1. The van der Waals surface area contributed by atoms with Crippen molar-refractivity contribution in [2.45, 2.75) is 44.8 Å². The lowest BCUT2D eigenvalue weighted by Crippen LogP contribution is -2.44. The van der Waals surface area contributed by atoms with E-state index in [9.17, 15) is 14.4 Å². The van der Waals surface area contributed by atoms with Crippen LogP contribution in [0, 0.1) is 5.41 Å². The molecule has 1 atom stereocenters. The Hall–Kier alpha value is -1.24. The van der Waals surface area contributed by atoms with Crippen LogP contribution in [0.25, 0.3) is 0 Å². The number of aliphatic carboxylic acids is 1. The van der Waals surface area contributed by atoms with Gasteiger partial charge in [-0.3, -0.25) is 14.9 Å². The maximum Gasteiger partial charge on any atom is 0.321 e. The van der Waals surface area contributed by atoms with Gasteiger partial charge in [-0.05, 0) is 32.4 Å². The fourth-order valence-corrected chi connectivity index (χ4v) is 3.11. The summed E-state index contributed by atoms with van der Waals surface area (Å²) in [5.41, 5.74) is -1.18. The first-order chi connectivity index (χ1) is 9.31. The van der Waals surface area contributed by atoms with E-state index >= 15 is 0 Å². The van der Waals surface area contributed by atoms with Crippen molar-refractivity contribution in [3.8, 4) is 0 Å². The van der Waals surface area contributed by atoms with Crippen molar-refractivity contribution in [3.05, 3.63) is 0 Å². The molecule has 1 saturated heterocycles. The Labute approximate surface area is 123 Å². The van der Waals surface area contributed by atoms with Crippen LogP contribution < -0.4 is 10.6 Å². The highest BCUT2D eigenvalue weighted by Crippen LogP contribution is 2.24. The molecule has 6 nitrogen and oxygen atoms in total. The smallest absolute Gasteiger partial charge is 0.321 e. The number of thioether (sulfide) groups is 1. The van der Waals surface area contributed by atoms with E-state index in [4.69, 9.17) is 5.11 Å². The third-order valence-corrected chi connectivity index (χ3v) is 4.60. The van der Waals surface area contributed by atoms with E-state index in [1.807, 2.05) is 11.8 Å². The van der Waals surface area contributed by atoms with Crippen molar-refractivity contribution in [2.24, 2.45) is 5.41 Å². The van der Waals surface area contributed by atoms with E-state index in [1.165, 1.54) is 26.7 Å². The summed E-state index contributed by atoms with van der Waals surface area (Å²) >= 11 is 1.83. The molecule has 0 aromatic heterocycles. The Balaban J connectivity index is 2.27. The summed E-state index contributed by atoms with van der Waals surface area (Å²) in [5, 5.41) is 14.1. The molecule has 1 unspecified atom stereocenters. The van der Waals surface area contributed by atoms with Gasteiger partial charge in [-0.1, -0.05) is 6.42 Å². The van der Waals surface area contributed by atoms with E-state index < -0.39 is 23.3 Å². The van der Waals surface area contributed by atoms with Crippen molar-refractivity contribution in [1.29, 1.82) is 0 Å². The molecule has 0 aromatic carbocycles. The fraction of sp³-hybridized carbons (Fsp3) is 0.769. The largest absolute Gasteiger partial charge is 0.481 e. The minimum absolute atomic E-state index is 0.228. The normalized spacial score (nSPS) is 19.2. The zero-order chi connectivity index (χ0) is 15.2. The molecule has 0 saturated carbocycles. The molecule has 0 aromatic rings. The van der Waals surface area contributed by atoms with Crippen molar-refractivity contribution in [1.82, 2.24) is 10.6 Å². The first-order valence-corrected chi connectivity index (χ1v) is 7.79. The number of hydrogen-bond acceptors (Lipinski definition) is 4. The number of hydrogen-bond donors (Lipinski definition) is 3. The topological polar surface area (TPSA) is 95.5 Å². The first kappa shape index (κ1) is 16.8. The predicted molar refractivity (Wildman–Crippen MR) is 77.7 cm³/mol. The summed E-state index contributed by atoms with van der Waals surface area (Å²) in [5.74, 6) is -0.530. The number of carboxylic acids is 1. The molecule has 1 heterocycles. The summed E-state index contributed by atoms with van der Waals surface area (Å²) in [7, 11) is 0. The lowest BCUT2D eigenvalue weighted by molar-refractivity contribution is -0.149. The van der Waals surface area contributed by atoms with E-state index in [-0.39, 0.29) is 6.42 Å². The second-order valence-corrected chi connectivity index (χ2v) is 7.02. The van der Waals surface area contributed by atoms with Crippen LogP contribution in [0.5, 0.6) is 0 Å². The number of carbonyl (C=O) groups is 3. The number of rotatable bonds is 5. The average molecular weight is 302 g/mol. The number of carbonyl (C=O) groups excluding carboxylic acids is 2. The van der Waals surface area contributed by atoms with Gasteiger partial charge in [0.15, 0.2) is 0 Å². The molecule has 7 heteroatoms. The maximum atomic E-state index is 11.6. The number of amides is 3. The molecule has 0 aliphatic carbocycles. The van der Waals surface area contributed by atoms with Gasteiger partial charge >= 0.3 is 12.0 Å². The van der Waals surface area contributed by atoms with Gasteiger partial charge in [0.05, 0.1) is 5.41 Å². The summed E-state index contributed by atoms with van der Waals surface area (Å²) < 4.78 is 0. The molecule has 1 aliphatic heterocycles. The van der Waals surface area contributed by atoms with Crippen LogP contribution in [-0.4, -0.2) is 40.6 Å². The third-order valence-electron chi connectivity index (χ3n) is 3.20. The average Bonchev–Trinajstić information content (AvgIpc) is 2.36. The molecular weight excluding hydrogens is 280 g/mol. The van der Waals surface area contributed by atoms with E-state index in [2.05, 4.69) is 10.6 Å². The summed E-state index contributed by atoms with van der Waals surface area (Å²) in [6.45, 7) is 3.43. The lowest BCUT2D eigenvalue weighted by Gasteiger charge is -2.21. The molecular formula is C13H22N2O4S. The highest BCUT2D eigenvalue weighted by Gasteiger charge is 2.30. The molecule has 1 rings (SSSR count). The zero-order valence-corrected chi connectivity index (χ0v) is 12.7. The maximum absolute atomic E-state index is 11.6. The van der Waals surface area contributed by atoms with Crippen LogP contribution >= 0.6 is 11.8 Å². The SMILES string of the molecule is CC(C)(CC(=O)NC(=O)NCC1CCCCS1)C(=O)O. The second-order valence-electron chi connectivity index (χ2n) is 5.61. The Morgan fingerprint density at radius 1 is 1.30 bits per heavy atom. The van der Waals surface area contributed by atoms with E-state index in [0.29, 0.717) is 11.8 Å². The van der Waals surface area contributed by atoms with Crippen LogP contribution in [0.1, 0.15) is 39.5 Å². The van der Waals surface area contributed by atoms with E-state index in [0.717, 1.165) is 12.2 Å². The Bertz CT molecular complexity index is 379. The third kappa shape index (κ3) is 5.81. The summed E-state index contributed by atoms with van der Waals surface area (Å²) in [4.78, 5) is 34.0. The van der Waals surface area contributed by atoms with Gasteiger partial charge in [-0.15, -0.1) is 0 Å². The second kappa shape index (κ2) is 7.52. The lowest BCUT2D eigenvalue weighted by atomic mass is 9.89. The molecule has 0 spiro atoms. The fourth-order valence-electron chi connectivity index (χ4n) is 1.87. The van der Waals surface area contributed by atoms with Crippen LogP contribution in [0.3, 0.4) is 0 Å². The van der Waals surface area contributed by atoms with Crippen LogP contribution in [0.2, 0.25) is 0 Å². The molecule has 0 bridgehead atoms. The van der Waals surface area contributed by atoms with Crippen LogP contribution in [-0.2, 0) is 9.59 Å². The minimum atomic E-state index is -1.18. The molecule has 0 radical (unpaired) electrons. The molecule has 1 aliphatic rings. The van der Waals surface area contributed by atoms with Crippen molar-refractivity contribution in [3.63, 3.8) is 0 Å². The van der Waals surface area contributed by atoms with Gasteiger partial charge in [-0.2, -0.15) is 11.8 Å². The highest BCUT2D eigenvalue weighted by molar-refractivity contribution is 7.99. The Morgan fingerprint density at radius 3 is 2.55 bits per heavy atom. The van der Waals surface area contributed by atoms with Gasteiger partial charge in [0.2, 0.25) is 5.91 Å². The van der Waals surface area contributed by atoms with Crippen molar-refractivity contribution < 1.29 is 19.5 Å².